The molecule has 272 valence electrons. The number of benzene rings is 8. The van der Waals surface area contributed by atoms with E-state index in [1.165, 1.54) is 15.5 Å². The Labute approximate surface area is 336 Å². The lowest BCUT2D eigenvalue weighted by Crippen LogP contribution is -2.10. The first-order chi connectivity index (χ1) is 28.5. The number of nitrogens with zero attached hydrogens (tertiary/aromatic N) is 5. The first-order valence-corrected chi connectivity index (χ1v) is 19.4. The van der Waals surface area contributed by atoms with E-state index >= 15 is 0 Å². The summed E-state index contributed by atoms with van der Waals surface area (Å²) >= 11 is 1.71. The average Bonchev–Trinajstić information content (AvgIpc) is 3.88. The van der Waals surface area contributed by atoms with Gasteiger partial charge in [0.1, 0.15) is 5.52 Å². The zero-order chi connectivity index (χ0) is 39.2. The van der Waals surface area contributed by atoms with Gasteiger partial charge in [-0.3, -0.25) is 0 Å². The van der Waals surface area contributed by atoms with Gasteiger partial charge in [-0.05, 0) is 137 Å². The van der Waals surface area contributed by atoms with Gasteiger partial charge in [0.05, 0.1) is 29.0 Å². The lowest BCUT2D eigenvalue weighted by atomic mass is 9.99. The summed E-state index contributed by atoms with van der Waals surface area (Å²) in [6.45, 7) is 0. The lowest BCUT2D eigenvalue weighted by molar-refractivity contribution is 0.555. The van der Waals surface area contributed by atoms with Crippen LogP contribution in [0.3, 0.4) is 0 Å². The molecule has 0 saturated heterocycles. The minimum atomic E-state index is -0.142. The van der Waals surface area contributed by atoms with Crippen molar-refractivity contribution in [3.8, 4) is 34.7 Å². The van der Waals surface area contributed by atoms with Gasteiger partial charge >= 0.3 is 0 Å². The maximum Gasteiger partial charge on any atom is 0.227 e. The molecule has 7 nitrogen and oxygen atoms in total. The summed E-state index contributed by atoms with van der Waals surface area (Å²) < 4.78 is 8.37. The van der Waals surface area contributed by atoms with Gasteiger partial charge in [-0.15, -0.1) is 11.3 Å². The summed E-state index contributed by atoms with van der Waals surface area (Å²) in [5.41, 5.74) is 9.62. The molecule has 10 aromatic rings. The third kappa shape index (κ3) is 6.36. The van der Waals surface area contributed by atoms with Crippen LogP contribution in [0.25, 0.3) is 64.6 Å². The number of para-hydroxylation sites is 2. The first kappa shape index (κ1) is 34.5. The number of anilines is 3. The quantitative estimate of drug-likeness (QED) is 0.128. The van der Waals surface area contributed by atoms with Crippen molar-refractivity contribution in [1.82, 2.24) is 4.98 Å². The zero-order valence-corrected chi connectivity index (χ0v) is 31.5. The molecule has 0 unspecified atom stereocenters. The largest absolute Gasteiger partial charge is 0.493 e. The number of rotatable bonds is 7. The number of aliphatic imine (C=N–C) groups is 1. The molecule has 0 fully saturated rings. The van der Waals surface area contributed by atoms with Crippen LogP contribution in [0, 0.1) is 22.7 Å². The SMILES string of the molecule is N#Cc1cccc(N=C(O)c2ccc(N(c3ccc(-c4nc5ccccc5o4)cc3)c3ccc4cc(-c5ccc6c(c5)sc5cc(C#N)ccc56)ccc4c3)cc2)c1. The Hall–Kier alpha value is -8.04. The van der Waals surface area contributed by atoms with Crippen molar-refractivity contribution in [1.29, 1.82) is 10.5 Å². The van der Waals surface area contributed by atoms with E-state index in [0.717, 1.165) is 60.3 Å². The third-order valence-electron chi connectivity index (χ3n) is 10.3. The fourth-order valence-corrected chi connectivity index (χ4v) is 8.55. The summed E-state index contributed by atoms with van der Waals surface area (Å²) in [5.74, 6) is 0.414. The van der Waals surface area contributed by atoms with Crippen LogP contribution in [0.4, 0.5) is 22.7 Å². The number of hydrogen-bond donors (Lipinski definition) is 1. The van der Waals surface area contributed by atoms with E-state index in [-0.39, 0.29) is 5.90 Å². The molecule has 0 aliphatic heterocycles. The number of aliphatic hydroxyl groups is 1. The Morgan fingerprint density at radius 2 is 1.22 bits per heavy atom. The van der Waals surface area contributed by atoms with Crippen molar-refractivity contribution in [2.45, 2.75) is 0 Å². The number of nitriles is 2. The van der Waals surface area contributed by atoms with Crippen LogP contribution in [-0.4, -0.2) is 16.0 Å². The van der Waals surface area contributed by atoms with Gasteiger partial charge in [-0.2, -0.15) is 10.5 Å². The highest BCUT2D eigenvalue weighted by Crippen LogP contribution is 2.40. The van der Waals surface area contributed by atoms with Crippen LogP contribution >= 0.6 is 11.3 Å². The first-order valence-electron chi connectivity index (χ1n) is 18.5. The lowest BCUT2D eigenvalue weighted by Gasteiger charge is -2.26. The molecule has 1 N–H and O–H groups in total. The van der Waals surface area contributed by atoms with E-state index in [9.17, 15) is 15.6 Å². The number of aromatic nitrogens is 1. The topological polar surface area (TPSA) is 109 Å². The normalized spacial score (nSPS) is 11.6. The average molecular weight is 764 g/mol. The number of thiophene rings is 1. The van der Waals surface area contributed by atoms with Crippen molar-refractivity contribution in [2.24, 2.45) is 4.99 Å². The van der Waals surface area contributed by atoms with Crippen molar-refractivity contribution < 1.29 is 9.52 Å². The van der Waals surface area contributed by atoms with E-state index in [1.54, 1.807) is 35.6 Å². The van der Waals surface area contributed by atoms with Crippen LogP contribution in [0.5, 0.6) is 0 Å². The monoisotopic (exact) mass is 763 g/mol. The fraction of sp³-hybridized carbons (Fsp3) is 0. The van der Waals surface area contributed by atoms with Crippen LogP contribution in [0.15, 0.2) is 179 Å². The van der Waals surface area contributed by atoms with Gasteiger partial charge in [0.2, 0.25) is 11.8 Å². The Morgan fingerprint density at radius 3 is 2.02 bits per heavy atom. The molecule has 0 bridgehead atoms. The second-order valence-electron chi connectivity index (χ2n) is 13.9. The summed E-state index contributed by atoms with van der Waals surface area (Å²) in [7, 11) is 0. The molecule has 2 aromatic heterocycles. The van der Waals surface area contributed by atoms with E-state index in [2.05, 4.69) is 88.8 Å². The Morgan fingerprint density at radius 1 is 0.586 bits per heavy atom. The van der Waals surface area contributed by atoms with E-state index in [0.29, 0.717) is 28.3 Å². The molecule has 8 heteroatoms. The number of aliphatic hydroxyl groups excluding tert-OH is 1. The molecule has 10 rings (SSSR count). The fourth-order valence-electron chi connectivity index (χ4n) is 7.37. The minimum absolute atomic E-state index is 0.142. The Bertz CT molecular complexity index is 3300. The molecule has 0 aliphatic rings. The summed E-state index contributed by atoms with van der Waals surface area (Å²) in [6.07, 6.45) is 0. The predicted molar refractivity (Wildman–Crippen MR) is 235 cm³/mol. The maximum absolute atomic E-state index is 10.9. The van der Waals surface area contributed by atoms with Crippen LogP contribution in [-0.2, 0) is 0 Å². The standard InChI is InChI=1S/C50H29N5O2S/c51-29-31-4-3-5-39(24-31)53-49(56)33-11-17-40(18-12-33)55(41-19-13-34(14-20-41)50-54-45-6-1-2-7-46(45)57-50)42-21-15-36-26-35(9-10-37(36)27-42)38-16-23-44-43-22-8-32(30-52)25-47(43)58-48(44)28-38/h1-28H,(H,53,56). The second-order valence-corrected chi connectivity index (χ2v) is 15.0. The molecule has 2 heterocycles. The van der Waals surface area contributed by atoms with E-state index < -0.39 is 0 Å². The van der Waals surface area contributed by atoms with Crippen molar-refractivity contribution in [3.63, 3.8) is 0 Å². The summed E-state index contributed by atoms with van der Waals surface area (Å²) in [5, 5.41) is 34.2. The van der Waals surface area contributed by atoms with Gasteiger partial charge in [0.15, 0.2) is 5.58 Å². The van der Waals surface area contributed by atoms with Gasteiger partial charge in [-0.25, -0.2) is 9.98 Å². The van der Waals surface area contributed by atoms with Gasteiger partial charge in [0.25, 0.3) is 0 Å². The summed E-state index contributed by atoms with van der Waals surface area (Å²) in [6, 6.07) is 60.1. The molecule has 0 aliphatic carbocycles. The van der Waals surface area contributed by atoms with Crippen molar-refractivity contribution >= 4 is 82.0 Å². The molecule has 0 atom stereocenters. The van der Waals surface area contributed by atoms with Crippen molar-refractivity contribution in [3.05, 3.63) is 187 Å². The molecular weight excluding hydrogens is 735 g/mol. The highest BCUT2D eigenvalue weighted by Gasteiger charge is 2.16. The Balaban J connectivity index is 1.01. The van der Waals surface area contributed by atoms with E-state index in [4.69, 9.17) is 9.40 Å². The molecule has 58 heavy (non-hydrogen) atoms. The minimum Gasteiger partial charge on any atom is -0.493 e. The molecule has 0 amide bonds. The highest BCUT2D eigenvalue weighted by molar-refractivity contribution is 7.25. The number of fused-ring (bicyclic) bond motifs is 5. The van der Waals surface area contributed by atoms with Crippen molar-refractivity contribution in [2.75, 3.05) is 4.90 Å². The third-order valence-corrected chi connectivity index (χ3v) is 11.4. The smallest absolute Gasteiger partial charge is 0.227 e. The van der Waals surface area contributed by atoms with E-state index in [1.807, 2.05) is 78.9 Å². The summed E-state index contributed by atoms with van der Waals surface area (Å²) in [4.78, 5) is 11.2. The molecule has 8 aromatic carbocycles. The number of oxazole rings is 1. The zero-order valence-electron chi connectivity index (χ0n) is 30.7. The highest BCUT2D eigenvalue weighted by atomic mass is 32.1. The molecule has 0 radical (unpaired) electrons. The van der Waals surface area contributed by atoms with Gasteiger partial charge in [-0.1, -0.05) is 54.6 Å². The van der Waals surface area contributed by atoms with Gasteiger partial charge in [0, 0.05) is 48.4 Å². The molecular formula is C50H29N5O2S. The van der Waals surface area contributed by atoms with Crippen LogP contribution < -0.4 is 4.90 Å². The van der Waals surface area contributed by atoms with Crippen LogP contribution in [0.2, 0.25) is 0 Å². The maximum atomic E-state index is 10.9. The Kier molecular flexibility index (Phi) is 8.45. The van der Waals surface area contributed by atoms with Crippen LogP contribution in [0.1, 0.15) is 16.7 Å². The second kappa shape index (κ2) is 14.2. The molecule has 0 saturated carbocycles. The predicted octanol–water partition coefficient (Wildman–Crippen LogP) is 13.5. The number of hydrogen-bond acceptors (Lipinski definition) is 7. The molecule has 0 spiro atoms. The van der Waals surface area contributed by atoms with Gasteiger partial charge < -0.3 is 14.4 Å².